The fourth-order valence-electron chi connectivity index (χ4n) is 3.33. The van der Waals surface area contributed by atoms with Crippen molar-refractivity contribution in [3.63, 3.8) is 0 Å². The molecule has 0 radical (unpaired) electrons. The standard InChI is InChI=1S/C25H19NO/c1-17-16-26-23(15-19(17)14-18-8-3-2-4-9-18)22-12-7-11-21-20-10-5-6-13-24(20)27-25(21)22/h2-13,15-16H,14H2,1H3/i1D3,14D2. The maximum atomic E-state index is 8.80. The number of furan rings is 1. The predicted molar refractivity (Wildman–Crippen MR) is 111 cm³/mol. The van der Waals surface area contributed by atoms with Gasteiger partial charge in [-0.05, 0) is 48.1 Å². The Morgan fingerprint density at radius 3 is 2.63 bits per heavy atom. The van der Waals surface area contributed by atoms with Gasteiger partial charge in [0.2, 0.25) is 0 Å². The minimum Gasteiger partial charge on any atom is -0.455 e. The number of rotatable bonds is 3. The van der Waals surface area contributed by atoms with Crippen LogP contribution in [0.15, 0.2) is 89.5 Å². The smallest absolute Gasteiger partial charge is 0.144 e. The van der Waals surface area contributed by atoms with Gasteiger partial charge in [-0.3, -0.25) is 4.98 Å². The molecule has 0 aliphatic heterocycles. The Labute approximate surface area is 165 Å². The second-order valence-electron chi connectivity index (χ2n) is 6.39. The highest BCUT2D eigenvalue weighted by atomic mass is 16.3. The van der Waals surface area contributed by atoms with Crippen LogP contribution < -0.4 is 0 Å². The molecule has 0 saturated carbocycles. The summed E-state index contributed by atoms with van der Waals surface area (Å²) in [5.74, 6) is 0. The van der Waals surface area contributed by atoms with Crippen LogP contribution >= 0.6 is 0 Å². The highest BCUT2D eigenvalue weighted by Gasteiger charge is 2.13. The molecule has 130 valence electrons. The topological polar surface area (TPSA) is 26.0 Å². The van der Waals surface area contributed by atoms with Crippen molar-refractivity contribution in [2.24, 2.45) is 0 Å². The lowest BCUT2D eigenvalue weighted by atomic mass is 9.99. The Bertz CT molecular complexity index is 1440. The molecule has 5 rings (SSSR count). The van der Waals surface area contributed by atoms with E-state index in [1.807, 2.05) is 42.5 Å². The van der Waals surface area contributed by atoms with E-state index in [1.54, 1.807) is 30.3 Å². The van der Waals surface area contributed by atoms with Crippen molar-refractivity contribution in [3.8, 4) is 11.3 Å². The van der Waals surface area contributed by atoms with Crippen molar-refractivity contribution in [1.29, 1.82) is 0 Å². The lowest BCUT2D eigenvalue weighted by molar-refractivity contribution is 0.670. The molecule has 2 nitrogen and oxygen atoms in total. The highest BCUT2D eigenvalue weighted by molar-refractivity contribution is 6.09. The van der Waals surface area contributed by atoms with Crippen molar-refractivity contribution in [2.45, 2.75) is 13.2 Å². The summed E-state index contributed by atoms with van der Waals surface area (Å²) < 4.78 is 47.5. The molecule has 0 saturated heterocycles. The summed E-state index contributed by atoms with van der Waals surface area (Å²) in [5, 5.41) is 1.90. The number of aryl methyl sites for hydroxylation is 1. The van der Waals surface area contributed by atoms with Crippen molar-refractivity contribution in [1.82, 2.24) is 4.98 Å². The molecular formula is C25H19NO. The van der Waals surface area contributed by atoms with Crippen molar-refractivity contribution in [3.05, 3.63) is 102 Å². The second kappa shape index (κ2) is 6.40. The SMILES string of the molecule is [2H]C([2H])([2H])c1cnc(-c2cccc3c2oc2ccccc23)cc1C([2H])([2H])c1ccccc1. The molecule has 0 spiro atoms. The first-order valence-electron chi connectivity index (χ1n) is 11.2. The Morgan fingerprint density at radius 1 is 0.926 bits per heavy atom. The summed E-state index contributed by atoms with van der Waals surface area (Å²) in [6.07, 6.45) is -0.760. The van der Waals surface area contributed by atoms with Gasteiger partial charge in [0.1, 0.15) is 11.2 Å². The normalized spacial score (nSPS) is 15.0. The molecule has 2 aromatic heterocycles. The average Bonchev–Trinajstić information content (AvgIpc) is 3.17. The largest absolute Gasteiger partial charge is 0.455 e. The van der Waals surface area contributed by atoms with Crippen molar-refractivity contribution >= 4 is 21.9 Å². The molecule has 0 unspecified atom stereocenters. The summed E-state index contributed by atoms with van der Waals surface area (Å²) in [6.45, 7) is -2.51. The van der Waals surface area contributed by atoms with E-state index < -0.39 is 13.2 Å². The second-order valence-corrected chi connectivity index (χ2v) is 6.39. The maximum absolute atomic E-state index is 8.80. The van der Waals surface area contributed by atoms with Crippen molar-refractivity contribution < 1.29 is 11.3 Å². The third-order valence-electron chi connectivity index (χ3n) is 4.64. The summed E-state index contributed by atoms with van der Waals surface area (Å²) >= 11 is 0. The van der Waals surface area contributed by atoms with Crippen LogP contribution in [-0.2, 0) is 6.37 Å². The third kappa shape index (κ3) is 2.80. The molecule has 0 fully saturated rings. The van der Waals surface area contributed by atoms with E-state index in [9.17, 15) is 0 Å². The molecule has 0 aliphatic carbocycles. The molecule has 5 aromatic rings. The highest BCUT2D eigenvalue weighted by Crippen LogP contribution is 2.35. The first kappa shape index (κ1) is 11.3. The summed E-state index contributed by atoms with van der Waals surface area (Å²) in [4.78, 5) is 4.42. The number of hydrogen-bond donors (Lipinski definition) is 0. The van der Waals surface area contributed by atoms with Gasteiger partial charge in [0.15, 0.2) is 0 Å². The quantitative estimate of drug-likeness (QED) is 0.367. The first-order chi connectivity index (χ1) is 15.3. The van der Waals surface area contributed by atoms with Crippen LogP contribution in [0.4, 0.5) is 0 Å². The summed E-state index contributed by atoms with van der Waals surface area (Å²) in [5.41, 5.74) is 2.86. The molecular weight excluding hydrogens is 330 g/mol. The van der Waals surface area contributed by atoms with Crippen LogP contribution in [0.2, 0.25) is 0 Å². The lowest BCUT2D eigenvalue weighted by Gasteiger charge is -2.09. The van der Waals surface area contributed by atoms with Crippen LogP contribution in [0.3, 0.4) is 0 Å². The first-order valence-corrected chi connectivity index (χ1v) is 8.74. The monoisotopic (exact) mass is 354 g/mol. The van der Waals surface area contributed by atoms with Crippen molar-refractivity contribution in [2.75, 3.05) is 0 Å². The van der Waals surface area contributed by atoms with Crippen LogP contribution in [-0.4, -0.2) is 4.98 Å². The van der Waals surface area contributed by atoms with Crippen LogP contribution in [0, 0.1) is 6.85 Å². The number of benzene rings is 3. The zero-order valence-corrected chi connectivity index (χ0v) is 14.4. The molecule has 2 heteroatoms. The predicted octanol–water partition coefficient (Wildman–Crippen LogP) is 6.55. The number of para-hydroxylation sites is 2. The van der Waals surface area contributed by atoms with Gasteiger partial charge in [-0.2, -0.15) is 0 Å². The van der Waals surface area contributed by atoms with E-state index in [-0.39, 0.29) is 11.1 Å². The zero-order valence-electron chi connectivity index (χ0n) is 19.4. The third-order valence-corrected chi connectivity index (χ3v) is 4.64. The number of pyridine rings is 1. The van der Waals surface area contributed by atoms with Gasteiger partial charge < -0.3 is 4.42 Å². The zero-order chi connectivity index (χ0) is 22.5. The minimum atomic E-state index is -2.51. The molecule has 0 atom stereocenters. The maximum Gasteiger partial charge on any atom is 0.144 e. The molecule has 2 heterocycles. The number of aromatic nitrogens is 1. The lowest BCUT2D eigenvalue weighted by Crippen LogP contribution is -1.95. The number of hydrogen-bond acceptors (Lipinski definition) is 2. The van der Waals surface area contributed by atoms with Gasteiger partial charge in [-0.15, -0.1) is 0 Å². The van der Waals surface area contributed by atoms with Crippen LogP contribution in [0.25, 0.3) is 33.2 Å². The van der Waals surface area contributed by atoms with E-state index in [0.717, 1.165) is 16.4 Å². The Balaban J connectivity index is 1.76. The Hall–Kier alpha value is -3.39. The fraction of sp³-hybridized carbons (Fsp3) is 0.0800. The number of fused-ring (bicyclic) bond motifs is 3. The molecule has 0 bridgehead atoms. The fourth-order valence-corrected chi connectivity index (χ4v) is 3.33. The Kier molecular flexibility index (Phi) is 2.69. The van der Waals surface area contributed by atoms with Gasteiger partial charge in [-0.1, -0.05) is 60.7 Å². The van der Waals surface area contributed by atoms with Crippen LogP contribution in [0.5, 0.6) is 0 Å². The van der Waals surface area contributed by atoms with Crippen LogP contribution in [0.1, 0.15) is 23.5 Å². The van der Waals surface area contributed by atoms with Gasteiger partial charge in [0, 0.05) is 29.4 Å². The average molecular weight is 354 g/mol. The summed E-state index contributed by atoms with van der Waals surface area (Å²) in [7, 11) is 0. The van der Waals surface area contributed by atoms with Gasteiger partial charge in [-0.25, -0.2) is 0 Å². The number of nitrogens with zero attached hydrogens (tertiary/aromatic N) is 1. The molecule has 0 N–H and O–H groups in total. The minimum absolute atomic E-state index is 0.0711. The summed E-state index contributed by atoms with van der Waals surface area (Å²) in [6, 6.07) is 23.5. The molecule has 27 heavy (non-hydrogen) atoms. The molecule has 0 amide bonds. The van der Waals surface area contributed by atoms with E-state index in [2.05, 4.69) is 4.98 Å². The van der Waals surface area contributed by atoms with E-state index in [1.165, 1.54) is 12.3 Å². The van der Waals surface area contributed by atoms with Gasteiger partial charge >= 0.3 is 0 Å². The Morgan fingerprint density at radius 2 is 1.74 bits per heavy atom. The van der Waals surface area contributed by atoms with Gasteiger partial charge in [0.25, 0.3) is 0 Å². The molecule has 0 aliphatic rings. The van der Waals surface area contributed by atoms with Gasteiger partial charge in [0.05, 0.1) is 5.69 Å². The molecule has 3 aromatic carbocycles. The van der Waals surface area contributed by atoms with E-state index in [0.29, 0.717) is 22.4 Å². The van der Waals surface area contributed by atoms with E-state index in [4.69, 9.17) is 11.3 Å². The van der Waals surface area contributed by atoms with E-state index >= 15 is 0 Å².